The lowest BCUT2D eigenvalue weighted by Crippen LogP contribution is -2.42. The molecule has 4 N–H and O–H groups in total. The Kier molecular flexibility index (Phi) is 7.85. The van der Waals surface area contributed by atoms with E-state index in [2.05, 4.69) is 35.3 Å². The molecule has 6 rings (SSSR count). The van der Waals surface area contributed by atoms with Gasteiger partial charge in [-0.25, -0.2) is 8.42 Å². The quantitative estimate of drug-likeness (QED) is 0.192. The molecule has 1 aliphatic carbocycles. The van der Waals surface area contributed by atoms with Crippen molar-refractivity contribution in [3.63, 3.8) is 0 Å². The summed E-state index contributed by atoms with van der Waals surface area (Å²) >= 11 is 0. The Morgan fingerprint density at radius 3 is 1.87 bits per heavy atom. The zero-order valence-corrected chi connectivity index (χ0v) is 26.1. The number of H-pyrrole nitrogens is 1. The molecule has 0 amide bonds. The van der Waals surface area contributed by atoms with Crippen molar-refractivity contribution in [1.82, 2.24) is 19.9 Å². The number of fused-ring (bicyclic) bond motifs is 2. The van der Waals surface area contributed by atoms with Crippen molar-refractivity contribution >= 4 is 73.7 Å². The second-order valence-electron chi connectivity index (χ2n) is 11.0. The number of nitrogens with one attached hydrogen (secondary N) is 4. The number of anilines is 7. The molecule has 0 aliphatic heterocycles. The maximum atomic E-state index is 13.2. The Morgan fingerprint density at radius 1 is 0.711 bits per heavy atom. The Hall–Kier alpha value is -5.43. The largest absolute Gasteiger partial charge is 0.356 e. The van der Waals surface area contributed by atoms with E-state index < -0.39 is 10.0 Å². The van der Waals surface area contributed by atoms with Crippen molar-refractivity contribution in [2.24, 2.45) is 0 Å². The fourth-order valence-electron chi connectivity index (χ4n) is 4.86. The van der Waals surface area contributed by atoms with Gasteiger partial charge in [-0.1, -0.05) is 12.2 Å². The first-order chi connectivity index (χ1) is 21.6. The molecule has 12 nitrogen and oxygen atoms in total. The van der Waals surface area contributed by atoms with Crippen molar-refractivity contribution in [2.45, 2.75) is 17.7 Å². The first kappa shape index (κ1) is 29.6. The van der Waals surface area contributed by atoms with Crippen molar-refractivity contribution < 1.29 is 8.42 Å². The fourth-order valence-corrected chi connectivity index (χ4v) is 5.95. The van der Waals surface area contributed by atoms with E-state index in [4.69, 9.17) is 0 Å². The molecule has 230 valence electrons. The summed E-state index contributed by atoms with van der Waals surface area (Å²) in [6.07, 6.45) is 5.54. The summed E-state index contributed by atoms with van der Waals surface area (Å²) in [7, 11) is 3.56. The maximum absolute atomic E-state index is 13.2. The van der Waals surface area contributed by atoms with Crippen LogP contribution < -0.4 is 41.2 Å². The number of pyridine rings is 1. The number of benzene rings is 3. The van der Waals surface area contributed by atoms with Gasteiger partial charge in [-0.3, -0.25) is 9.52 Å². The van der Waals surface area contributed by atoms with Crippen LogP contribution in [0.3, 0.4) is 0 Å². The Balaban J connectivity index is 1.13. The van der Waals surface area contributed by atoms with E-state index in [1.54, 1.807) is 30.3 Å². The van der Waals surface area contributed by atoms with Gasteiger partial charge in [0.05, 0.1) is 4.90 Å². The van der Waals surface area contributed by atoms with Crippen LogP contribution in [0.15, 0.2) is 76.4 Å². The lowest BCUT2D eigenvalue weighted by Gasteiger charge is -2.16. The molecular weight excluding hydrogens is 590 g/mol. The van der Waals surface area contributed by atoms with E-state index >= 15 is 0 Å². The Labute approximate surface area is 260 Å². The summed E-state index contributed by atoms with van der Waals surface area (Å²) in [6.45, 7) is 0. The Bertz CT molecular complexity index is 2150. The van der Waals surface area contributed by atoms with Crippen LogP contribution in [0.4, 0.5) is 40.6 Å². The van der Waals surface area contributed by atoms with E-state index in [1.165, 1.54) is 12.1 Å². The highest BCUT2D eigenvalue weighted by Gasteiger charge is 2.17. The van der Waals surface area contributed by atoms with Gasteiger partial charge in [0.2, 0.25) is 17.8 Å². The summed E-state index contributed by atoms with van der Waals surface area (Å²) in [5, 5.41) is 8.25. The minimum Gasteiger partial charge on any atom is -0.356 e. The van der Waals surface area contributed by atoms with Crippen LogP contribution in [0.2, 0.25) is 0 Å². The molecular formula is C32H33N9O3S. The third kappa shape index (κ3) is 6.43. The second-order valence-corrected chi connectivity index (χ2v) is 12.7. The minimum atomic E-state index is -3.93. The van der Waals surface area contributed by atoms with Crippen LogP contribution in [-0.2, 0) is 10.0 Å². The highest BCUT2D eigenvalue weighted by Crippen LogP contribution is 2.24. The molecule has 3 aromatic carbocycles. The molecule has 2 aromatic heterocycles. The lowest BCUT2D eigenvalue weighted by atomic mass is 10.1. The molecule has 2 heterocycles. The monoisotopic (exact) mass is 623 g/mol. The fraction of sp³-hybridized carbons (Fsp3) is 0.188. The van der Waals surface area contributed by atoms with Crippen LogP contribution in [0.1, 0.15) is 12.8 Å². The molecule has 0 saturated heterocycles. The van der Waals surface area contributed by atoms with Gasteiger partial charge in [0.1, 0.15) is 0 Å². The van der Waals surface area contributed by atoms with E-state index in [1.807, 2.05) is 74.4 Å². The number of hydrogen-bond acceptors (Lipinski definition) is 10. The topological polar surface area (TPSA) is 148 Å². The van der Waals surface area contributed by atoms with Crippen molar-refractivity contribution in [1.29, 1.82) is 0 Å². The summed E-state index contributed by atoms with van der Waals surface area (Å²) < 4.78 is 29.0. The van der Waals surface area contributed by atoms with Gasteiger partial charge in [-0.15, -0.1) is 0 Å². The van der Waals surface area contributed by atoms with E-state index in [0.717, 1.165) is 35.3 Å². The smallest absolute Gasteiger partial charge is 0.261 e. The average Bonchev–Trinajstić information content (AvgIpc) is 3.02. The predicted molar refractivity (Wildman–Crippen MR) is 181 cm³/mol. The predicted octanol–water partition coefficient (Wildman–Crippen LogP) is 3.49. The first-order valence-electron chi connectivity index (χ1n) is 14.3. The van der Waals surface area contributed by atoms with Gasteiger partial charge < -0.3 is 25.4 Å². The van der Waals surface area contributed by atoms with Crippen LogP contribution in [0.25, 0.3) is 23.1 Å². The van der Waals surface area contributed by atoms with Crippen molar-refractivity contribution in [2.75, 3.05) is 53.3 Å². The molecule has 13 heteroatoms. The van der Waals surface area contributed by atoms with Crippen LogP contribution >= 0.6 is 0 Å². The number of hydrogen-bond donors (Lipinski definition) is 4. The van der Waals surface area contributed by atoms with Crippen LogP contribution in [-0.4, -0.2) is 56.5 Å². The SMILES string of the molecule is CN(C)c1nc(Nc2ccc(Nc3ccc(NS(=O)(=O)c4ccc5[nH]c6c(c(=O)c5c4)=CCCC=6)cc3)cc2)nc(N(C)C)n1. The highest BCUT2D eigenvalue weighted by atomic mass is 32.2. The molecule has 0 spiro atoms. The molecule has 0 saturated carbocycles. The number of sulfonamides is 1. The molecule has 45 heavy (non-hydrogen) atoms. The summed E-state index contributed by atoms with van der Waals surface area (Å²) in [4.78, 5) is 33.3. The molecule has 1 aliphatic rings. The summed E-state index contributed by atoms with van der Waals surface area (Å²) in [5.41, 5.74) is 3.25. The third-order valence-electron chi connectivity index (χ3n) is 7.19. The van der Waals surface area contributed by atoms with Crippen LogP contribution in [0, 0.1) is 0 Å². The molecule has 0 atom stereocenters. The normalized spacial score (nSPS) is 12.4. The van der Waals surface area contributed by atoms with E-state index in [0.29, 0.717) is 39.7 Å². The van der Waals surface area contributed by atoms with E-state index in [9.17, 15) is 13.2 Å². The van der Waals surface area contributed by atoms with Crippen LogP contribution in [0.5, 0.6) is 0 Å². The van der Waals surface area contributed by atoms with Crippen molar-refractivity contribution in [3.8, 4) is 0 Å². The van der Waals surface area contributed by atoms with E-state index in [-0.39, 0.29) is 10.3 Å². The van der Waals surface area contributed by atoms with Crippen molar-refractivity contribution in [3.05, 3.63) is 87.5 Å². The third-order valence-corrected chi connectivity index (χ3v) is 8.57. The lowest BCUT2D eigenvalue weighted by molar-refractivity contribution is 0.601. The summed E-state index contributed by atoms with van der Waals surface area (Å²) in [5.74, 6) is 1.52. The Morgan fingerprint density at radius 2 is 1.27 bits per heavy atom. The van der Waals surface area contributed by atoms with Gasteiger partial charge in [0.25, 0.3) is 10.0 Å². The highest BCUT2D eigenvalue weighted by molar-refractivity contribution is 7.92. The molecule has 0 unspecified atom stereocenters. The van der Waals surface area contributed by atoms with Gasteiger partial charge >= 0.3 is 0 Å². The molecule has 0 fully saturated rings. The molecule has 0 bridgehead atoms. The number of aromatic nitrogens is 4. The molecule has 5 aromatic rings. The number of rotatable bonds is 9. The zero-order chi connectivity index (χ0) is 31.7. The van der Waals surface area contributed by atoms with Gasteiger partial charge in [-0.2, -0.15) is 15.0 Å². The second kappa shape index (κ2) is 11.9. The molecule has 0 radical (unpaired) electrons. The average molecular weight is 624 g/mol. The first-order valence-corrected chi connectivity index (χ1v) is 15.8. The van der Waals surface area contributed by atoms with Gasteiger partial charge in [0, 0.05) is 72.4 Å². The summed E-state index contributed by atoms with van der Waals surface area (Å²) in [6, 6.07) is 19.1. The maximum Gasteiger partial charge on any atom is 0.261 e. The van der Waals surface area contributed by atoms with Gasteiger partial charge in [0.15, 0.2) is 5.43 Å². The zero-order valence-electron chi connectivity index (χ0n) is 25.3. The minimum absolute atomic E-state index is 0.0178. The van der Waals surface area contributed by atoms with Gasteiger partial charge in [-0.05, 0) is 79.6 Å². The number of aromatic amines is 1. The number of nitrogens with zero attached hydrogens (tertiary/aromatic N) is 5. The standard InChI is InChI=1S/C32H33N9O3S/c1-40(2)31-36-30(37-32(38-31)41(3)4)34-22-11-9-20(10-12-22)33-21-13-15-23(16-14-21)39-45(43,44)24-17-18-28-26(19-24)29(42)25-7-5-6-8-27(25)35-28/h7-19,33,35,39H,5-6H2,1-4H3,(H,34,36,37,38).